The number of nitrogens with one attached hydrogen (secondary N) is 1. The van der Waals surface area contributed by atoms with Gasteiger partial charge in [-0.15, -0.1) is 0 Å². The van der Waals surface area contributed by atoms with E-state index in [2.05, 4.69) is 85.0 Å². The molecule has 1 atom stereocenters. The van der Waals surface area contributed by atoms with Crippen molar-refractivity contribution in [2.24, 2.45) is 0 Å². The molecule has 4 aromatic rings. The van der Waals surface area contributed by atoms with E-state index in [0.29, 0.717) is 5.02 Å². The normalized spacial score (nSPS) is 12.7. The van der Waals surface area contributed by atoms with Crippen LogP contribution in [-0.4, -0.2) is 11.6 Å². The zero-order chi connectivity index (χ0) is 24.1. The van der Waals surface area contributed by atoms with E-state index in [4.69, 9.17) is 11.6 Å². The minimum absolute atomic E-state index is 0.0549. The first kappa shape index (κ1) is 24.2. The molecule has 0 heterocycles. The predicted octanol–water partition coefficient (Wildman–Crippen LogP) is 6.40. The number of carbonyl (C=O) groups excluding carboxylic acids is 1. The maximum absolute atomic E-state index is 14.2. The molecule has 1 amide bonds. The standard InChI is InChI=1S/C30H31ClNOP/c1-4-28(30(33)32-29-22(2)20-24(31)21-23(29)3)34(25-14-8-5-9-15-25,26-16-10-6-11-17-26)27-18-12-7-13-19-27/h5-21,28,34H,4H2,1-3H3,(H,32,33). The van der Waals surface area contributed by atoms with Crippen molar-refractivity contribution >= 4 is 46.4 Å². The average Bonchev–Trinajstić information content (AvgIpc) is 2.86. The van der Waals surface area contributed by atoms with Crippen molar-refractivity contribution in [1.82, 2.24) is 0 Å². The molecule has 0 aliphatic carbocycles. The van der Waals surface area contributed by atoms with Crippen LogP contribution in [0.1, 0.15) is 24.5 Å². The monoisotopic (exact) mass is 487 g/mol. The molecular weight excluding hydrogens is 457 g/mol. The SMILES string of the molecule is CCC(C(=O)Nc1c(C)cc(Cl)cc1C)[PH](c1ccccc1)(c1ccccc1)c1ccccc1. The van der Waals surface area contributed by atoms with Crippen molar-refractivity contribution in [3.63, 3.8) is 0 Å². The third-order valence-electron chi connectivity index (χ3n) is 6.68. The molecule has 4 heteroatoms. The molecule has 4 aromatic carbocycles. The van der Waals surface area contributed by atoms with Crippen LogP contribution >= 0.6 is 18.9 Å². The van der Waals surface area contributed by atoms with Gasteiger partial charge in [0.25, 0.3) is 0 Å². The molecule has 4 rings (SSSR count). The van der Waals surface area contributed by atoms with Crippen LogP contribution < -0.4 is 21.2 Å². The van der Waals surface area contributed by atoms with Crippen LogP contribution in [0.25, 0.3) is 0 Å². The molecule has 0 radical (unpaired) electrons. The van der Waals surface area contributed by atoms with Crippen LogP contribution in [-0.2, 0) is 4.79 Å². The Labute approximate surface area is 208 Å². The summed E-state index contributed by atoms with van der Waals surface area (Å²) >= 11 is 6.26. The quantitative estimate of drug-likeness (QED) is 0.300. The first-order chi connectivity index (χ1) is 16.5. The van der Waals surface area contributed by atoms with Crippen molar-refractivity contribution in [2.75, 3.05) is 5.32 Å². The second-order valence-electron chi connectivity index (χ2n) is 8.77. The van der Waals surface area contributed by atoms with E-state index in [1.807, 2.05) is 44.2 Å². The zero-order valence-electron chi connectivity index (χ0n) is 19.9. The molecule has 0 saturated heterocycles. The molecule has 0 bridgehead atoms. The number of carbonyl (C=O) groups is 1. The number of benzene rings is 4. The molecular formula is C30H31ClNOP. The van der Waals surface area contributed by atoms with E-state index in [1.54, 1.807) is 0 Å². The molecule has 0 aliphatic heterocycles. The second kappa shape index (κ2) is 10.6. The Kier molecular flexibility index (Phi) is 7.51. The topological polar surface area (TPSA) is 29.1 Å². The molecule has 0 spiro atoms. The minimum atomic E-state index is -2.75. The number of aryl methyl sites for hydroxylation is 2. The van der Waals surface area contributed by atoms with Crippen LogP contribution in [0.5, 0.6) is 0 Å². The Morgan fingerprint density at radius 1 is 0.765 bits per heavy atom. The fourth-order valence-electron chi connectivity index (χ4n) is 5.21. The zero-order valence-corrected chi connectivity index (χ0v) is 21.6. The Morgan fingerprint density at radius 2 is 1.15 bits per heavy atom. The first-order valence-corrected chi connectivity index (χ1v) is 14.2. The summed E-state index contributed by atoms with van der Waals surface area (Å²) in [6, 6.07) is 35.6. The van der Waals surface area contributed by atoms with Crippen molar-refractivity contribution in [3.05, 3.63) is 119 Å². The molecule has 1 unspecified atom stereocenters. The number of hydrogen-bond donors (Lipinski definition) is 1. The number of halogens is 1. The third-order valence-corrected chi connectivity index (χ3v) is 12.3. The Morgan fingerprint density at radius 3 is 1.50 bits per heavy atom. The van der Waals surface area contributed by atoms with Gasteiger partial charge in [0, 0.05) is 0 Å². The summed E-state index contributed by atoms with van der Waals surface area (Å²) < 4.78 is 0. The van der Waals surface area contributed by atoms with Crippen LogP contribution in [0.2, 0.25) is 5.02 Å². The van der Waals surface area contributed by atoms with Gasteiger partial charge in [0.15, 0.2) is 0 Å². The molecule has 0 fully saturated rings. The van der Waals surface area contributed by atoms with Gasteiger partial charge in [0.05, 0.1) is 0 Å². The fourth-order valence-corrected chi connectivity index (χ4v) is 11.0. The van der Waals surface area contributed by atoms with Crippen LogP contribution in [0.4, 0.5) is 5.69 Å². The molecule has 1 N–H and O–H groups in total. The van der Waals surface area contributed by atoms with Crippen molar-refractivity contribution in [1.29, 1.82) is 0 Å². The van der Waals surface area contributed by atoms with Crippen LogP contribution in [0, 0.1) is 13.8 Å². The summed E-state index contributed by atoms with van der Waals surface area (Å²) in [7, 11) is -2.75. The number of rotatable bonds is 7. The van der Waals surface area contributed by atoms with Crippen LogP contribution in [0.15, 0.2) is 103 Å². The van der Waals surface area contributed by atoms with Gasteiger partial charge >= 0.3 is 209 Å². The summed E-state index contributed by atoms with van der Waals surface area (Å²) in [5.74, 6) is 0.0549. The van der Waals surface area contributed by atoms with Crippen LogP contribution in [0.3, 0.4) is 0 Å². The summed E-state index contributed by atoms with van der Waals surface area (Å²) in [4.78, 5) is 14.2. The molecule has 2 nitrogen and oxygen atoms in total. The first-order valence-electron chi connectivity index (χ1n) is 11.7. The number of hydrogen-bond acceptors (Lipinski definition) is 1. The molecule has 0 saturated carbocycles. The molecule has 174 valence electrons. The Bertz CT molecular complexity index is 1140. The third kappa shape index (κ3) is 4.53. The number of amides is 1. The van der Waals surface area contributed by atoms with E-state index in [-0.39, 0.29) is 11.6 Å². The second-order valence-corrected chi connectivity index (χ2v) is 13.3. The van der Waals surface area contributed by atoms with Crippen molar-refractivity contribution in [3.8, 4) is 0 Å². The summed E-state index contributed by atoms with van der Waals surface area (Å²) in [6.07, 6.45) is 0.725. The van der Waals surface area contributed by atoms with Crippen molar-refractivity contribution < 1.29 is 4.79 Å². The van der Waals surface area contributed by atoms with Gasteiger partial charge in [-0.2, -0.15) is 0 Å². The van der Waals surface area contributed by atoms with Gasteiger partial charge < -0.3 is 0 Å². The fraction of sp³-hybridized carbons (Fsp3) is 0.167. The molecule has 0 aliphatic rings. The molecule has 34 heavy (non-hydrogen) atoms. The van der Waals surface area contributed by atoms with E-state index < -0.39 is 7.26 Å². The van der Waals surface area contributed by atoms with Crippen molar-refractivity contribution in [2.45, 2.75) is 32.9 Å². The van der Waals surface area contributed by atoms with E-state index in [9.17, 15) is 4.79 Å². The maximum atomic E-state index is 14.2. The van der Waals surface area contributed by atoms with Gasteiger partial charge in [-0.3, -0.25) is 0 Å². The van der Waals surface area contributed by atoms with E-state index in [1.165, 1.54) is 15.9 Å². The Hall–Kier alpha value is -2.93. The summed E-state index contributed by atoms with van der Waals surface area (Å²) in [5.41, 5.74) is 2.58. The summed E-state index contributed by atoms with van der Waals surface area (Å²) in [6.45, 7) is 6.11. The van der Waals surface area contributed by atoms with E-state index in [0.717, 1.165) is 23.2 Å². The summed E-state index contributed by atoms with van der Waals surface area (Å²) in [5, 5.41) is 7.70. The predicted molar refractivity (Wildman–Crippen MR) is 150 cm³/mol. The van der Waals surface area contributed by atoms with Gasteiger partial charge in [0.2, 0.25) is 0 Å². The van der Waals surface area contributed by atoms with Gasteiger partial charge in [0.1, 0.15) is 0 Å². The van der Waals surface area contributed by atoms with Gasteiger partial charge in [-0.05, 0) is 0 Å². The van der Waals surface area contributed by atoms with Gasteiger partial charge in [-0.25, -0.2) is 0 Å². The van der Waals surface area contributed by atoms with E-state index >= 15 is 0 Å². The Balaban J connectivity index is 1.95. The molecule has 0 aromatic heterocycles. The van der Waals surface area contributed by atoms with Gasteiger partial charge in [-0.1, -0.05) is 0 Å². The average molecular weight is 488 g/mol. The number of anilines is 1.